The molecule has 10 rings (SSSR count). The molecule has 11 N–H and O–H groups in total. The standard InChI is InChI=1S/C11H11F3N4O2.C11H12F3NO3.C9H9F3N4O.C9H7F3N4O.3C9H11F3N2O.C7H4F3NO.CH4.H2S/c12-11(13,14)9-2-1-7(6-16-9)8(17-18-15)5-10-19-3-4-20-10;12-11(13,14)9-2-1-7(6-15-9)8(16)5-10-17-3-4-18-10;2*10-9(11,12)8-2-1-6(5-14-8)7(3-4-17)15-16-13;3*10-9(11,12)8-2-1-6(5-14-8)7(13)3-4-15;8-7(9,10)6-2-1-5(4-12)3-11-6;;/h1-2,6,8,10H,3-5H2;1-2,6,8,10,16H,3-5H2;1-2,5,7,17H,3-4H2;1-2,4-5,7H,3H2;3*1-2,5,7,15H,3-4,13H2;1-4H;1H4;1H2/t;;;;2*7-;;;;/m....10..../s1. The van der Waals surface area contributed by atoms with Crippen LogP contribution < -0.4 is 17.2 Å². The van der Waals surface area contributed by atoms with Crippen LogP contribution in [0.25, 0.3) is 31.3 Å². The molecule has 2 aliphatic rings. The van der Waals surface area contributed by atoms with E-state index in [1.165, 1.54) is 36.4 Å². The predicted octanol–water partition coefficient (Wildman–Crippen LogP) is 18.1. The third kappa shape index (κ3) is 43.5. The summed E-state index contributed by atoms with van der Waals surface area (Å²) in [5, 5.41) is 54.6. The van der Waals surface area contributed by atoms with Crippen molar-refractivity contribution in [1.29, 1.82) is 0 Å². The van der Waals surface area contributed by atoms with Gasteiger partial charge in [0.1, 0.15) is 51.8 Å². The van der Waals surface area contributed by atoms with Gasteiger partial charge in [-0.25, -0.2) is 0 Å². The number of hydrogen-bond donors (Lipinski definition) is 8. The van der Waals surface area contributed by atoms with Gasteiger partial charge in [0.25, 0.3) is 0 Å². The SMILES string of the molecule is C.NC(CCO)c1ccc(C(F)(F)F)nc1.N[C@@H](CCO)c1ccc(C(F)(F)F)nc1.N[C@H](CCO)c1ccc(C(F)(F)F)nc1.O=Cc1ccc(C(F)(F)F)nc1.OC(CC1OCCO1)c1ccc(C(F)(F)F)nc1.S.[N-]=[N+]=NC(CC1OCCO1)c1ccc(C(F)(F)F)nc1.[N-]=[N+]=NC(CC=O)c1ccc(C(F)(F)F)nc1.[N-]=[N+]=NC(CCO)c1ccc(C(F)(F)F)nc1. The number of aromatic nitrogens is 8. The van der Waals surface area contributed by atoms with E-state index in [1.807, 2.05) is 0 Å². The molecule has 8 aromatic heterocycles. The number of hydrogen-bond acceptors (Lipinski definition) is 25. The highest BCUT2D eigenvalue weighted by molar-refractivity contribution is 7.59. The van der Waals surface area contributed by atoms with E-state index in [-0.39, 0.29) is 84.2 Å². The van der Waals surface area contributed by atoms with Crippen molar-refractivity contribution in [3.05, 3.63) is 268 Å². The molecule has 7 atom stereocenters. The molecule has 722 valence electrons. The van der Waals surface area contributed by atoms with Crippen molar-refractivity contribution in [2.45, 2.75) is 157 Å². The molecule has 131 heavy (non-hydrogen) atoms. The summed E-state index contributed by atoms with van der Waals surface area (Å²) in [7, 11) is 0. The topological polar surface area (TPSA) is 500 Å². The molecule has 8 aromatic rings. The molecule has 0 aliphatic carbocycles. The number of halogens is 24. The maximum absolute atomic E-state index is 12.4. The van der Waals surface area contributed by atoms with Crippen LogP contribution >= 0.6 is 13.5 Å². The molecule has 0 amide bonds. The Hall–Kier alpha value is -11.3. The number of nitrogens with zero attached hydrogens (tertiary/aromatic N) is 17. The van der Waals surface area contributed by atoms with Gasteiger partial charge in [0, 0.05) is 134 Å². The lowest BCUT2D eigenvalue weighted by Gasteiger charge is -2.16. The average molecular weight is 1930 g/mol. The van der Waals surface area contributed by atoms with Gasteiger partial charge in [0.05, 0.1) is 50.7 Å². The number of aldehydes is 2. The van der Waals surface area contributed by atoms with Crippen molar-refractivity contribution in [1.82, 2.24) is 39.9 Å². The minimum atomic E-state index is -4.52. The number of carbonyl (C=O) groups is 2. The maximum atomic E-state index is 12.4. The molecular formula is C75H82F24N20O11S. The van der Waals surface area contributed by atoms with Gasteiger partial charge in [-0.05, 0) is 136 Å². The number of azide groups is 3. The Morgan fingerprint density at radius 1 is 0.351 bits per heavy atom. The van der Waals surface area contributed by atoms with Crippen LogP contribution in [0.1, 0.15) is 190 Å². The van der Waals surface area contributed by atoms with E-state index in [9.17, 15) is 120 Å². The summed E-state index contributed by atoms with van der Waals surface area (Å²) in [6.07, 6.45) is -27.2. The number of alkyl halides is 24. The average Bonchev–Trinajstić information content (AvgIpc) is 1.56. The summed E-state index contributed by atoms with van der Waals surface area (Å²) in [5.41, 5.74) is 36.9. The van der Waals surface area contributed by atoms with Crippen molar-refractivity contribution in [3.8, 4) is 0 Å². The van der Waals surface area contributed by atoms with Gasteiger partial charge < -0.3 is 66.5 Å². The fourth-order valence-electron chi connectivity index (χ4n) is 9.80. The minimum Gasteiger partial charge on any atom is -0.396 e. The Morgan fingerprint density at radius 3 is 0.809 bits per heavy atom. The molecule has 31 nitrogen and oxygen atoms in total. The molecule has 5 unspecified atom stereocenters. The second-order valence-corrected chi connectivity index (χ2v) is 25.7. The van der Waals surface area contributed by atoms with Crippen LogP contribution in [-0.4, -0.2) is 143 Å². The van der Waals surface area contributed by atoms with Crippen LogP contribution in [0.4, 0.5) is 105 Å². The van der Waals surface area contributed by atoms with E-state index in [4.69, 9.17) is 73.2 Å². The number of ether oxygens (including phenoxy) is 4. The Kier molecular flexibility index (Phi) is 50.7. The molecular weight excluding hydrogens is 1840 g/mol. The van der Waals surface area contributed by atoms with E-state index in [0.717, 1.165) is 110 Å². The van der Waals surface area contributed by atoms with E-state index >= 15 is 0 Å². The Morgan fingerprint density at radius 2 is 0.580 bits per heavy atom. The molecule has 0 aromatic carbocycles. The zero-order valence-corrected chi connectivity index (χ0v) is 67.4. The summed E-state index contributed by atoms with van der Waals surface area (Å²) >= 11 is 0. The lowest BCUT2D eigenvalue weighted by molar-refractivity contribution is -0.142. The van der Waals surface area contributed by atoms with Gasteiger partial charge in [0.15, 0.2) is 18.9 Å². The number of carbonyl (C=O) groups excluding carboxylic acids is 2. The largest absolute Gasteiger partial charge is 0.433 e. The summed E-state index contributed by atoms with van der Waals surface area (Å²) < 4.78 is 313. The number of aliphatic hydroxyl groups excluding tert-OH is 5. The van der Waals surface area contributed by atoms with Crippen LogP contribution in [-0.2, 0) is 73.2 Å². The fourth-order valence-corrected chi connectivity index (χ4v) is 9.80. The normalized spacial score (nSPS) is 14.5. The Balaban J connectivity index is 0.000000750. The molecule has 10 heterocycles. The Labute approximate surface area is 733 Å². The molecule has 56 heteroatoms. The molecule has 0 spiro atoms. The monoisotopic (exact) mass is 1930 g/mol. The Bertz CT molecular complexity index is 4570. The van der Waals surface area contributed by atoms with Crippen LogP contribution in [0.3, 0.4) is 0 Å². The quantitative estimate of drug-likeness (QED) is 0.00866. The summed E-state index contributed by atoms with van der Waals surface area (Å²) in [6, 6.07) is 12.7. The first-order valence-corrected chi connectivity index (χ1v) is 36.4. The summed E-state index contributed by atoms with van der Waals surface area (Å²) in [4.78, 5) is 54.1. The molecule has 0 saturated carbocycles. The highest BCUT2D eigenvalue weighted by Crippen LogP contribution is 2.37. The summed E-state index contributed by atoms with van der Waals surface area (Å²) in [6.45, 7) is 1.25. The second-order valence-electron chi connectivity index (χ2n) is 25.7. The smallest absolute Gasteiger partial charge is 0.396 e. The molecule has 2 fully saturated rings. The zero-order valence-electron chi connectivity index (χ0n) is 66.4. The third-order valence-corrected chi connectivity index (χ3v) is 16.4. The van der Waals surface area contributed by atoms with Crippen LogP contribution in [0.5, 0.6) is 0 Å². The molecule has 2 aliphatic heterocycles. The first-order valence-electron chi connectivity index (χ1n) is 36.4. The molecule has 2 saturated heterocycles. The highest BCUT2D eigenvalue weighted by atomic mass is 32.1. The summed E-state index contributed by atoms with van der Waals surface area (Å²) in [5.74, 6) is 0. The highest BCUT2D eigenvalue weighted by Gasteiger charge is 2.39. The first kappa shape index (κ1) is 118. The predicted molar refractivity (Wildman–Crippen MR) is 416 cm³/mol. The molecule has 0 radical (unpaired) electrons. The zero-order chi connectivity index (χ0) is 97.2. The second kappa shape index (κ2) is 56.4. The van der Waals surface area contributed by atoms with E-state index in [1.54, 1.807) is 0 Å². The van der Waals surface area contributed by atoms with Gasteiger partial charge in [-0.15, -0.1) is 0 Å². The maximum Gasteiger partial charge on any atom is 0.433 e. The minimum absolute atomic E-state index is 0. The fraction of sp³-hybridized carbons (Fsp3) is 0.440. The van der Waals surface area contributed by atoms with Crippen molar-refractivity contribution in [3.63, 3.8) is 0 Å². The number of pyridine rings is 8. The van der Waals surface area contributed by atoms with Gasteiger partial charge in [-0.3, -0.25) is 44.7 Å². The number of nitrogens with two attached hydrogens (primary N) is 3. The van der Waals surface area contributed by atoms with Gasteiger partial charge >= 0.3 is 49.4 Å². The lowest BCUT2D eigenvalue weighted by Crippen LogP contribution is -2.14. The van der Waals surface area contributed by atoms with Gasteiger partial charge in [0.2, 0.25) is 0 Å². The first-order chi connectivity index (χ1) is 60.3. The van der Waals surface area contributed by atoms with E-state index < -0.39 is 150 Å². The van der Waals surface area contributed by atoms with Crippen molar-refractivity contribution >= 4 is 26.1 Å². The molecule has 0 bridgehead atoms. The number of aliphatic hydroxyl groups is 5. The van der Waals surface area contributed by atoms with Crippen molar-refractivity contribution < 1.29 is 159 Å². The van der Waals surface area contributed by atoms with Gasteiger partial charge in [-0.1, -0.05) is 65.2 Å². The third-order valence-electron chi connectivity index (χ3n) is 16.4. The van der Waals surface area contributed by atoms with Crippen molar-refractivity contribution in [2.24, 2.45) is 32.5 Å². The van der Waals surface area contributed by atoms with Crippen molar-refractivity contribution in [2.75, 3.05) is 52.9 Å². The van der Waals surface area contributed by atoms with E-state index in [0.29, 0.717) is 91.6 Å². The number of rotatable bonds is 25. The van der Waals surface area contributed by atoms with Crippen LogP contribution in [0.2, 0.25) is 0 Å². The van der Waals surface area contributed by atoms with Crippen LogP contribution in [0.15, 0.2) is 162 Å². The lowest BCUT2D eigenvalue weighted by atomic mass is 10.1. The van der Waals surface area contributed by atoms with Crippen LogP contribution in [0, 0.1) is 0 Å². The van der Waals surface area contributed by atoms with Gasteiger partial charge in [-0.2, -0.15) is 119 Å². The van der Waals surface area contributed by atoms with E-state index in [2.05, 4.69) is 69.9 Å².